The van der Waals surface area contributed by atoms with Gasteiger partial charge in [0.15, 0.2) is 0 Å². The third kappa shape index (κ3) is 3.12. The average Bonchev–Trinajstić information content (AvgIpc) is 2.81. The smallest absolute Gasteiger partial charge is 0.376 e. The highest BCUT2D eigenvalue weighted by molar-refractivity contribution is 6.35. The Hall–Kier alpha value is -1.56. The fourth-order valence-corrected chi connectivity index (χ4v) is 2.17. The molecule has 5 nitrogen and oxygen atoms in total. The van der Waals surface area contributed by atoms with Crippen LogP contribution < -0.4 is 0 Å². The molecule has 106 valence electrons. The van der Waals surface area contributed by atoms with Gasteiger partial charge in [0.25, 0.3) is 0 Å². The second-order valence-electron chi connectivity index (χ2n) is 3.88. The van der Waals surface area contributed by atoms with Gasteiger partial charge in [-0.05, 0) is 18.2 Å². The number of hydrogen-bond acceptors (Lipinski definition) is 5. The molecule has 1 heterocycles. The second-order valence-corrected chi connectivity index (χ2v) is 4.75. The standard InChI is InChI=1S/C13H11Cl2NO4/c1-18-6-10-11(13(17)19-2)20-12(16-10)7-3-8(14)5-9(15)4-7/h3-5H,6H2,1-2H3. The molecule has 0 bridgehead atoms. The molecular formula is C13H11Cl2NO4. The van der Waals surface area contributed by atoms with Gasteiger partial charge >= 0.3 is 5.97 Å². The lowest BCUT2D eigenvalue weighted by Gasteiger charge is -1.98. The van der Waals surface area contributed by atoms with Crippen LogP contribution in [0.4, 0.5) is 0 Å². The normalized spacial score (nSPS) is 10.6. The quantitative estimate of drug-likeness (QED) is 0.807. The Morgan fingerprint density at radius 2 is 1.90 bits per heavy atom. The molecule has 0 radical (unpaired) electrons. The van der Waals surface area contributed by atoms with Crippen LogP contribution >= 0.6 is 23.2 Å². The summed E-state index contributed by atoms with van der Waals surface area (Å²) in [6.07, 6.45) is 0. The maximum Gasteiger partial charge on any atom is 0.376 e. The first-order valence-corrected chi connectivity index (χ1v) is 6.34. The molecule has 1 aromatic heterocycles. The van der Waals surface area contributed by atoms with Crippen molar-refractivity contribution < 1.29 is 18.7 Å². The van der Waals surface area contributed by atoms with Crippen LogP contribution in [0.2, 0.25) is 10.0 Å². The molecule has 0 unspecified atom stereocenters. The summed E-state index contributed by atoms with van der Waals surface area (Å²) in [5.74, 6) is -0.397. The zero-order valence-electron chi connectivity index (χ0n) is 10.8. The van der Waals surface area contributed by atoms with Gasteiger partial charge in [0.05, 0.1) is 13.7 Å². The number of oxazole rings is 1. The van der Waals surface area contributed by atoms with E-state index in [0.717, 1.165) is 0 Å². The second kappa shape index (κ2) is 6.26. The van der Waals surface area contributed by atoms with Crippen LogP contribution in [0.5, 0.6) is 0 Å². The molecule has 1 aromatic carbocycles. The van der Waals surface area contributed by atoms with E-state index in [1.54, 1.807) is 18.2 Å². The van der Waals surface area contributed by atoms with E-state index in [0.29, 0.717) is 21.3 Å². The van der Waals surface area contributed by atoms with Gasteiger partial charge in [0.2, 0.25) is 11.7 Å². The minimum Gasteiger partial charge on any atom is -0.463 e. The summed E-state index contributed by atoms with van der Waals surface area (Å²) in [6, 6.07) is 4.86. The summed E-state index contributed by atoms with van der Waals surface area (Å²) in [5.41, 5.74) is 0.917. The summed E-state index contributed by atoms with van der Waals surface area (Å²) < 4.78 is 15.1. The van der Waals surface area contributed by atoms with E-state index in [9.17, 15) is 4.79 Å². The van der Waals surface area contributed by atoms with E-state index < -0.39 is 5.97 Å². The third-order valence-electron chi connectivity index (χ3n) is 2.46. The van der Waals surface area contributed by atoms with Crippen molar-refractivity contribution in [3.05, 3.63) is 39.7 Å². The van der Waals surface area contributed by atoms with Crippen molar-refractivity contribution in [3.63, 3.8) is 0 Å². The molecule has 0 N–H and O–H groups in total. The number of carbonyl (C=O) groups excluding carboxylic acids is 1. The van der Waals surface area contributed by atoms with Gasteiger partial charge in [-0.2, -0.15) is 0 Å². The van der Waals surface area contributed by atoms with E-state index in [1.165, 1.54) is 14.2 Å². The van der Waals surface area contributed by atoms with Crippen LogP contribution in [0.25, 0.3) is 11.5 Å². The first kappa shape index (κ1) is 14.8. The summed E-state index contributed by atoms with van der Waals surface area (Å²) in [4.78, 5) is 15.8. The average molecular weight is 316 g/mol. The SMILES string of the molecule is COCc1nc(-c2cc(Cl)cc(Cl)c2)oc1C(=O)OC. The largest absolute Gasteiger partial charge is 0.463 e. The van der Waals surface area contributed by atoms with E-state index in [4.69, 9.17) is 32.4 Å². The number of esters is 1. The van der Waals surface area contributed by atoms with Gasteiger partial charge < -0.3 is 13.9 Å². The Morgan fingerprint density at radius 1 is 1.25 bits per heavy atom. The molecule has 0 aliphatic heterocycles. The molecule has 0 fully saturated rings. The highest BCUT2D eigenvalue weighted by Gasteiger charge is 2.21. The molecule has 0 saturated carbocycles. The van der Waals surface area contributed by atoms with Crippen LogP contribution in [0.1, 0.15) is 16.2 Å². The fourth-order valence-electron chi connectivity index (χ4n) is 1.64. The number of ether oxygens (including phenoxy) is 2. The number of benzene rings is 1. The van der Waals surface area contributed by atoms with Crippen molar-refractivity contribution in [2.45, 2.75) is 6.61 Å². The van der Waals surface area contributed by atoms with Gasteiger partial charge in [0, 0.05) is 22.7 Å². The first-order chi connectivity index (χ1) is 9.55. The molecule has 2 rings (SSSR count). The highest BCUT2D eigenvalue weighted by Crippen LogP contribution is 2.28. The van der Waals surface area contributed by atoms with Crippen LogP contribution in [0.15, 0.2) is 22.6 Å². The Balaban J connectivity index is 2.49. The summed E-state index contributed by atoms with van der Waals surface area (Å²) in [5, 5.41) is 0.886. The van der Waals surface area contributed by atoms with Crippen molar-refractivity contribution in [1.29, 1.82) is 0 Å². The van der Waals surface area contributed by atoms with Crippen LogP contribution in [-0.2, 0) is 16.1 Å². The van der Waals surface area contributed by atoms with E-state index in [2.05, 4.69) is 9.72 Å². The predicted molar refractivity (Wildman–Crippen MR) is 74.0 cm³/mol. The lowest BCUT2D eigenvalue weighted by Crippen LogP contribution is -2.04. The van der Waals surface area contributed by atoms with Gasteiger partial charge in [-0.25, -0.2) is 9.78 Å². The van der Waals surface area contributed by atoms with Crippen LogP contribution in [0, 0.1) is 0 Å². The van der Waals surface area contributed by atoms with Crippen molar-refractivity contribution in [2.75, 3.05) is 14.2 Å². The number of carbonyl (C=O) groups is 1. The Kier molecular flexibility index (Phi) is 4.65. The maximum absolute atomic E-state index is 11.6. The molecule has 0 atom stereocenters. The minimum atomic E-state index is -0.621. The fraction of sp³-hybridized carbons (Fsp3) is 0.231. The molecule has 0 amide bonds. The predicted octanol–water partition coefficient (Wildman–Crippen LogP) is 3.58. The van der Waals surface area contributed by atoms with Gasteiger partial charge in [0.1, 0.15) is 5.69 Å². The monoisotopic (exact) mass is 315 g/mol. The number of halogens is 2. The van der Waals surface area contributed by atoms with Crippen molar-refractivity contribution in [2.24, 2.45) is 0 Å². The summed E-state index contributed by atoms with van der Waals surface area (Å²) >= 11 is 11.9. The number of rotatable bonds is 4. The molecule has 0 saturated heterocycles. The summed E-state index contributed by atoms with van der Waals surface area (Å²) in [7, 11) is 2.75. The van der Waals surface area contributed by atoms with Crippen LogP contribution in [-0.4, -0.2) is 25.2 Å². The van der Waals surface area contributed by atoms with E-state index >= 15 is 0 Å². The Bertz CT molecular complexity index is 619. The van der Waals surface area contributed by atoms with Gasteiger partial charge in [-0.15, -0.1) is 0 Å². The van der Waals surface area contributed by atoms with Gasteiger partial charge in [-0.3, -0.25) is 0 Å². The van der Waals surface area contributed by atoms with Crippen molar-refractivity contribution in [3.8, 4) is 11.5 Å². The first-order valence-electron chi connectivity index (χ1n) is 5.58. The van der Waals surface area contributed by atoms with E-state index in [1.807, 2.05) is 0 Å². The number of aromatic nitrogens is 1. The molecule has 0 aliphatic rings. The lowest BCUT2D eigenvalue weighted by molar-refractivity contribution is 0.0559. The molecular weight excluding hydrogens is 305 g/mol. The molecule has 0 aliphatic carbocycles. The van der Waals surface area contributed by atoms with Crippen LogP contribution in [0.3, 0.4) is 0 Å². The van der Waals surface area contributed by atoms with Gasteiger partial charge in [-0.1, -0.05) is 23.2 Å². The lowest BCUT2D eigenvalue weighted by atomic mass is 10.2. The molecule has 0 spiro atoms. The molecule has 7 heteroatoms. The highest BCUT2D eigenvalue weighted by atomic mass is 35.5. The molecule has 20 heavy (non-hydrogen) atoms. The number of hydrogen-bond donors (Lipinski definition) is 0. The number of methoxy groups -OCH3 is 2. The number of nitrogens with zero attached hydrogens (tertiary/aromatic N) is 1. The Morgan fingerprint density at radius 3 is 2.45 bits per heavy atom. The van der Waals surface area contributed by atoms with Crippen molar-refractivity contribution >= 4 is 29.2 Å². The zero-order chi connectivity index (χ0) is 14.7. The Labute approximate surface area is 125 Å². The van der Waals surface area contributed by atoms with E-state index in [-0.39, 0.29) is 18.3 Å². The van der Waals surface area contributed by atoms with Crippen molar-refractivity contribution in [1.82, 2.24) is 4.98 Å². The molecule has 2 aromatic rings. The third-order valence-corrected chi connectivity index (χ3v) is 2.90. The topological polar surface area (TPSA) is 61.6 Å². The summed E-state index contributed by atoms with van der Waals surface area (Å²) in [6.45, 7) is 0.127. The maximum atomic E-state index is 11.6. The minimum absolute atomic E-state index is 0.000415. The zero-order valence-corrected chi connectivity index (χ0v) is 12.3.